The minimum Gasteiger partial charge on any atom is -0.316 e. The van der Waals surface area contributed by atoms with Gasteiger partial charge < -0.3 is 20.4 Å². The van der Waals surface area contributed by atoms with Crippen LogP contribution in [0.2, 0.25) is 0 Å². The molecule has 128 valence electrons. The van der Waals surface area contributed by atoms with Gasteiger partial charge in [0.25, 0.3) is 0 Å². The lowest BCUT2D eigenvalue weighted by atomic mass is 9.73. The van der Waals surface area contributed by atoms with Crippen LogP contribution in [0.15, 0.2) is 0 Å². The molecule has 0 saturated carbocycles. The average Bonchev–Trinajstić information content (AvgIpc) is 3.14. The van der Waals surface area contributed by atoms with E-state index in [0.29, 0.717) is 11.0 Å². The van der Waals surface area contributed by atoms with Crippen molar-refractivity contribution in [1.29, 1.82) is 0 Å². The van der Waals surface area contributed by atoms with Crippen LogP contribution in [-0.2, 0) is 0 Å². The summed E-state index contributed by atoms with van der Waals surface area (Å²) in [4.78, 5) is 4.89. The molecule has 2 spiro atoms. The molecule has 4 nitrogen and oxygen atoms in total. The first kappa shape index (κ1) is 16.7. The predicted octanol–water partition coefficient (Wildman–Crippen LogP) is 1.53. The summed E-state index contributed by atoms with van der Waals surface area (Å²) in [5, 5.41) is 7.16. The molecule has 4 heteroatoms. The quantitative estimate of drug-likeness (QED) is 0.710. The minimum atomic E-state index is 0.536. The number of likely N-dealkylation sites (N-methyl/N-ethyl adjacent to an activating group) is 1. The molecule has 0 aliphatic carbocycles. The first-order valence-electron chi connectivity index (χ1n) is 9.44. The number of nitrogens with one attached hydrogen (secondary N) is 2. The standard InChI is InChI=1S/C10H20N2.C8H16N2/c1-12-7-4-10(5-8-12)3-2-6-11-9-10;1-10-6-4-8(7-10)3-2-5-9-8/h11H,2-9H2,1H3;9H,2-7H2,1H3. The molecule has 4 aliphatic heterocycles. The first-order chi connectivity index (χ1) is 10.6. The third-order valence-electron chi connectivity index (χ3n) is 6.49. The summed E-state index contributed by atoms with van der Waals surface area (Å²) >= 11 is 0. The number of rotatable bonds is 0. The number of nitrogens with zero attached hydrogens (tertiary/aromatic N) is 2. The Labute approximate surface area is 137 Å². The van der Waals surface area contributed by atoms with Gasteiger partial charge in [-0.05, 0) is 97.2 Å². The Morgan fingerprint density at radius 1 is 0.773 bits per heavy atom. The van der Waals surface area contributed by atoms with Crippen LogP contribution in [-0.4, -0.2) is 75.2 Å². The van der Waals surface area contributed by atoms with E-state index in [-0.39, 0.29) is 0 Å². The molecule has 4 rings (SSSR count). The van der Waals surface area contributed by atoms with Crippen molar-refractivity contribution < 1.29 is 0 Å². The maximum absolute atomic E-state index is 3.62. The van der Waals surface area contributed by atoms with Crippen LogP contribution in [0.3, 0.4) is 0 Å². The van der Waals surface area contributed by atoms with Gasteiger partial charge in [0.2, 0.25) is 0 Å². The molecule has 0 aromatic rings. The average molecular weight is 309 g/mol. The lowest BCUT2D eigenvalue weighted by Gasteiger charge is -2.43. The maximum Gasteiger partial charge on any atom is 0.0321 e. The van der Waals surface area contributed by atoms with Crippen molar-refractivity contribution in [2.45, 2.75) is 50.5 Å². The van der Waals surface area contributed by atoms with Crippen molar-refractivity contribution in [2.24, 2.45) is 5.41 Å². The van der Waals surface area contributed by atoms with Crippen molar-refractivity contribution in [1.82, 2.24) is 20.4 Å². The normalized spacial score (nSPS) is 35.7. The first-order valence-corrected chi connectivity index (χ1v) is 9.44. The molecular weight excluding hydrogens is 272 g/mol. The lowest BCUT2D eigenvalue weighted by molar-refractivity contribution is 0.0930. The number of hydrogen-bond donors (Lipinski definition) is 2. The largest absolute Gasteiger partial charge is 0.316 e. The highest BCUT2D eigenvalue weighted by Gasteiger charge is 2.38. The number of likely N-dealkylation sites (tertiary alicyclic amines) is 2. The summed E-state index contributed by atoms with van der Waals surface area (Å²) in [6.07, 6.45) is 9.83. The van der Waals surface area contributed by atoms with Crippen LogP contribution in [0.25, 0.3) is 0 Å². The fourth-order valence-corrected chi connectivity index (χ4v) is 4.85. The molecule has 1 atom stereocenters. The van der Waals surface area contributed by atoms with Crippen molar-refractivity contribution in [2.75, 3.05) is 59.9 Å². The molecule has 0 amide bonds. The van der Waals surface area contributed by atoms with Crippen LogP contribution in [0.5, 0.6) is 0 Å². The van der Waals surface area contributed by atoms with Gasteiger partial charge in [-0.3, -0.25) is 0 Å². The third kappa shape index (κ3) is 4.02. The molecule has 0 radical (unpaired) electrons. The Bertz CT molecular complexity index is 335. The molecular formula is C18H36N4. The van der Waals surface area contributed by atoms with Gasteiger partial charge in [-0.2, -0.15) is 0 Å². The summed E-state index contributed by atoms with van der Waals surface area (Å²) in [5.74, 6) is 0. The van der Waals surface area contributed by atoms with Gasteiger partial charge in [-0.1, -0.05) is 0 Å². The second-order valence-electron chi connectivity index (χ2n) is 8.38. The minimum absolute atomic E-state index is 0.536. The fourth-order valence-electron chi connectivity index (χ4n) is 4.85. The molecule has 4 heterocycles. The van der Waals surface area contributed by atoms with E-state index >= 15 is 0 Å². The van der Waals surface area contributed by atoms with Crippen LogP contribution >= 0.6 is 0 Å². The van der Waals surface area contributed by atoms with Gasteiger partial charge in [-0.15, -0.1) is 0 Å². The molecule has 0 aromatic carbocycles. The van der Waals surface area contributed by atoms with E-state index in [1.54, 1.807) is 0 Å². The summed E-state index contributed by atoms with van der Waals surface area (Å²) in [6, 6.07) is 0. The monoisotopic (exact) mass is 308 g/mol. The third-order valence-corrected chi connectivity index (χ3v) is 6.49. The Hall–Kier alpha value is -0.160. The number of piperidine rings is 2. The molecule has 4 fully saturated rings. The topological polar surface area (TPSA) is 30.5 Å². The van der Waals surface area contributed by atoms with Crippen LogP contribution < -0.4 is 10.6 Å². The van der Waals surface area contributed by atoms with Crippen molar-refractivity contribution in [3.8, 4) is 0 Å². The van der Waals surface area contributed by atoms with Gasteiger partial charge >= 0.3 is 0 Å². The zero-order chi connectivity index (χ0) is 15.5. The second kappa shape index (κ2) is 7.16. The zero-order valence-corrected chi connectivity index (χ0v) is 14.8. The summed E-state index contributed by atoms with van der Waals surface area (Å²) in [6.45, 7) is 8.94. The van der Waals surface area contributed by atoms with Gasteiger partial charge in [0.05, 0.1) is 0 Å². The van der Waals surface area contributed by atoms with Gasteiger partial charge in [0, 0.05) is 18.6 Å². The van der Waals surface area contributed by atoms with Gasteiger partial charge in [-0.25, -0.2) is 0 Å². The molecule has 2 N–H and O–H groups in total. The van der Waals surface area contributed by atoms with E-state index in [1.165, 1.54) is 90.8 Å². The van der Waals surface area contributed by atoms with E-state index in [0.717, 1.165) is 0 Å². The smallest absolute Gasteiger partial charge is 0.0321 e. The van der Waals surface area contributed by atoms with E-state index in [9.17, 15) is 0 Å². The molecule has 0 aromatic heterocycles. The summed E-state index contributed by atoms with van der Waals surface area (Å²) in [7, 11) is 4.46. The van der Waals surface area contributed by atoms with Crippen molar-refractivity contribution in [3.05, 3.63) is 0 Å². The van der Waals surface area contributed by atoms with Gasteiger partial charge in [0.15, 0.2) is 0 Å². The van der Waals surface area contributed by atoms with E-state index in [1.807, 2.05) is 0 Å². The summed E-state index contributed by atoms with van der Waals surface area (Å²) in [5.41, 5.74) is 1.22. The van der Waals surface area contributed by atoms with E-state index < -0.39 is 0 Å². The van der Waals surface area contributed by atoms with Crippen LogP contribution in [0.4, 0.5) is 0 Å². The molecule has 22 heavy (non-hydrogen) atoms. The molecule has 4 aliphatic rings. The molecule has 4 saturated heterocycles. The van der Waals surface area contributed by atoms with Crippen molar-refractivity contribution in [3.63, 3.8) is 0 Å². The zero-order valence-electron chi connectivity index (χ0n) is 14.8. The summed E-state index contributed by atoms with van der Waals surface area (Å²) < 4.78 is 0. The highest BCUT2D eigenvalue weighted by molar-refractivity contribution is 4.99. The highest BCUT2D eigenvalue weighted by atomic mass is 15.2. The number of hydrogen-bond acceptors (Lipinski definition) is 4. The second-order valence-corrected chi connectivity index (χ2v) is 8.38. The Kier molecular flexibility index (Phi) is 5.43. The molecule has 0 bridgehead atoms. The van der Waals surface area contributed by atoms with Gasteiger partial charge in [0.1, 0.15) is 0 Å². The Morgan fingerprint density at radius 2 is 1.50 bits per heavy atom. The van der Waals surface area contributed by atoms with Crippen LogP contribution in [0.1, 0.15) is 44.9 Å². The molecule has 1 unspecified atom stereocenters. The lowest BCUT2D eigenvalue weighted by Crippen LogP contribution is -2.46. The van der Waals surface area contributed by atoms with E-state index in [4.69, 9.17) is 0 Å². The SMILES string of the molecule is CN1CCC2(CCCN2)C1.CN1CCC2(CCCNC2)CC1. The Balaban J connectivity index is 0.000000133. The van der Waals surface area contributed by atoms with Crippen LogP contribution in [0, 0.1) is 5.41 Å². The predicted molar refractivity (Wildman–Crippen MR) is 93.3 cm³/mol. The van der Waals surface area contributed by atoms with Crippen molar-refractivity contribution >= 4 is 0 Å². The fraction of sp³-hybridized carbons (Fsp3) is 1.00. The highest BCUT2D eigenvalue weighted by Crippen LogP contribution is 2.36. The van der Waals surface area contributed by atoms with E-state index in [2.05, 4.69) is 34.5 Å². The Morgan fingerprint density at radius 3 is 2.05 bits per heavy atom. The maximum atomic E-state index is 3.62.